The van der Waals surface area contributed by atoms with Crippen molar-refractivity contribution in [3.63, 3.8) is 0 Å². The molecule has 0 bridgehead atoms. The van der Waals surface area contributed by atoms with Gasteiger partial charge in [0.25, 0.3) is 0 Å². The number of carboxylic acid groups (broad SMARTS) is 1. The van der Waals surface area contributed by atoms with Crippen molar-refractivity contribution in [2.45, 2.75) is 65.6 Å². The van der Waals surface area contributed by atoms with Gasteiger partial charge >= 0.3 is 23.9 Å². The molecule has 0 aromatic heterocycles. The fourth-order valence-electron chi connectivity index (χ4n) is 2.35. The number of ether oxygens (including phenoxy) is 5. The summed E-state index contributed by atoms with van der Waals surface area (Å²) in [4.78, 5) is 45.4. The molecule has 10 nitrogen and oxygen atoms in total. The molecule has 0 aromatic carbocycles. The minimum absolute atomic E-state index is 0.0272. The largest absolute Gasteiger partial charge is 0.481 e. The first-order valence-electron chi connectivity index (χ1n) is 11.2. The van der Waals surface area contributed by atoms with Gasteiger partial charge in [0.05, 0.1) is 58.2 Å². The quantitative estimate of drug-likeness (QED) is 0.163. The van der Waals surface area contributed by atoms with Crippen LogP contribution in [-0.2, 0) is 42.9 Å². The van der Waals surface area contributed by atoms with Crippen molar-refractivity contribution < 1.29 is 48.0 Å². The number of rotatable bonds is 14. The lowest BCUT2D eigenvalue weighted by molar-refractivity contribution is -0.162. The zero-order valence-corrected chi connectivity index (χ0v) is 22.1. The normalized spacial score (nSPS) is 12.8. The Kier molecular flexibility index (Phi) is 17.4. The first kappa shape index (κ1) is 34.4. The van der Waals surface area contributed by atoms with Gasteiger partial charge in [-0.05, 0) is 41.5 Å². The molecular formula is C25H42O10. The number of carboxylic acids is 1. The van der Waals surface area contributed by atoms with E-state index in [9.17, 15) is 19.2 Å². The third-order valence-electron chi connectivity index (χ3n) is 3.66. The van der Waals surface area contributed by atoms with Gasteiger partial charge in [-0.2, -0.15) is 0 Å². The Morgan fingerprint density at radius 2 is 1.14 bits per heavy atom. The van der Waals surface area contributed by atoms with E-state index in [-0.39, 0.29) is 32.7 Å². The van der Waals surface area contributed by atoms with Gasteiger partial charge in [0.15, 0.2) is 0 Å². The molecule has 0 unspecified atom stereocenters. The minimum atomic E-state index is -1.07. The molecule has 0 aliphatic carbocycles. The fraction of sp³-hybridized carbons (Fsp3) is 0.680. The summed E-state index contributed by atoms with van der Waals surface area (Å²) in [7, 11) is 1.28. The second kappa shape index (κ2) is 17.7. The molecule has 0 rings (SSSR count). The number of hydrogen-bond acceptors (Lipinski definition) is 9. The van der Waals surface area contributed by atoms with Crippen LogP contribution in [0.4, 0.5) is 0 Å². The van der Waals surface area contributed by atoms with E-state index in [2.05, 4.69) is 17.9 Å². The van der Waals surface area contributed by atoms with E-state index in [0.717, 1.165) is 0 Å². The van der Waals surface area contributed by atoms with Crippen molar-refractivity contribution in [1.29, 1.82) is 0 Å². The standard InChI is InChI=1S/C13H22O5.C12H20O5/c1-6-7-17-9-10(12(15)16-5)8-11(14)18-13(2,3)4;1-5-6-16-8-9(11(14)15)7-10(13)17-12(2,3)4/h6,10H,1,7-9H2,2-5H3;5,9H,1,6-8H2,2-4H3,(H,14,15)/t10-;9-/m00/s1. The molecule has 0 aromatic rings. The highest BCUT2D eigenvalue weighted by molar-refractivity contribution is 5.80. The second-order valence-corrected chi connectivity index (χ2v) is 9.49. The van der Waals surface area contributed by atoms with Gasteiger partial charge in [-0.15, -0.1) is 13.2 Å². The molecule has 202 valence electrons. The Bertz CT molecular complexity index is 685. The highest BCUT2D eigenvalue weighted by atomic mass is 16.6. The van der Waals surface area contributed by atoms with E-state index < -0.39 is 46.9 Å². The first-order valence-corrected chi connectivity index (χ1v) is 11.2. The number of carbonyl (C=O) groups excluding carboxylic acids is 3. The molecule has 0 aliphatic rings. The van der Waals surface area contributed by atoms with Crippen LogP contribution in [0.3, 0.4) is 0 Å². The van der Waals surface area contributed by atoms with E-state index >= 15 is 0 Å². The van der Waals surface area contributed by atoms with Gasteiger partial charge in [0, 0.05) is 0 Å². The smallest absolute Gasteiger partial charge is 0.311 e. The second-order valence-electron chi connectivity index (χ2n) is 9.49. The Morgan fingerprint density at radius 3 is 1.46 bits per heavy atom. The molecule has 0 heterocycles. The Hall–Kier alpha value is -2.72. The van der Waals surface area contributed by atoms with Gasteiger partial charge < -0.3 is 28.8 Å². The maximum atomic E-state index is 11.6. The summed E-state index contributed by atoms with van der Waals surface area (Å²) in [6.07, 6.45) is 2.85. The van der Waals surface area contributed by atoms with E-state index in [1.807, 2.05) is 0 Å². The third kappa shape index (κ3) is 21.5. The zero-order valence-electron chi connectivity index (χ0n) is 22.1. The average molecular weight is 503 g/mol. The summed E-state index contributed by atoms with van der Waals surface area (Å²) in [6, 6.07) is 0. The summed E-state index contributed by atoms with van der Waals surface area (Å²) >= 11 is 0. The number of aliphatic carboxylic acids is 1. The maximum Gasteiger partial charge on any atom is 0.311 e. The fourth-order valence-corrected chi connectivity index (χ4v) is 2.35. The highest BCUT2D eigenvalue weighted by Gasteiger charge is 2.27. The molecular weight excluding hydrogens is 460 g/mol. The van der Waals surface area contributed by atoms with Gasteiger partial charge in [-0.1, -0.05) is 12.2 Å². The van der Waals surface area contributed by atoms with E-state index in [0.29, 0.717) is 6.61 Å². The lowest BCUT2D eigenvalue weighted by Gasteiger charge is -2.21. The lowest BCUT2D eigenvalue weighted by atomic mass is 10.1. The van der Waals surface area contributed by atoms with Crippen molar-refractivity contribution in [2.75, 3.05) is 33.5 Å². The van der Waals surface area contributed by atoms with Crippen LogP contribution in [0.2, 0.25) is 0 Å². The molecule has 0 saturated heterocycles. The molecule has 1 N–H and O–H groups in total. The summed E-state index contributed by atoms with van der Waals surface area (Å²) in [5.74, 6) is -4.06. The Balaban J connectivity index is 0. The SMILES string of the molecule is C=CCOC[C@H](CC(=O)OC(C)(C)C)C(=O)O.C=CCOC[C@H](CC(=O)OC(C)(C)C)C(=O)OC. The molecule has 0 saturated carbocycles. The maximum absolute atomic E-state index is 11.6. The Morgan fingerprint density at radius 1 is 0.771 bits per heavy atom. The summed E-state index contributed by atoms with van der Waals surface area (Å²) < 4.78 is 25.0. The average Bonchev–Trinajstić information content (AvgIpc) is 2.69. The number of esters is 3. The molecule has 0 radical (unpaired) electrons. The number of methoxy groups -OCH3 is 1. The van der Waals surface area contributed by atoms with E-state index in [4.69, 9.17) is 24.1 Å². The van der Waals surface area contributed by atoms with Crippen molar-refractivity contribution in [3.8, 4) is 0 Å². The monoisotopic (exact) mass is 502 g/mol. The molecule has 2 atom stereocenters. The minimum Gasteiger partial charge on any atom is -0.481 e. The molecule has 35 heavy (non-hydrogen) atoms. The van der Waals surface area contributed by atoms with Crippen LogP contribution in [0.15, 0.2) is 25.3 Å². The van der Waals surface area contributed by atoms with Crippen LogP contribution in [0, 0.1) is 11.8 Å². The topological polar surface area (TPSA) is 135 Å². The zero-order chi connectivity index (χ0) is 27.7. The van der Waals surface area contributed by atoms with Crippen LogP contribution in [0.25, 0.3) is 0 Å². The number of hydrogen-bond donors (Lipinski definition) is 1. The van der Waals surface area contributed by atoms with Crippen molar-refractivity contribution in [3.05, 3.63) is 25.3 Å². The van der Waals surface area contributed by atoms with Crippen LogP contribution >= 0.6 is 0 Å². The predicted octanol–water partition coefficient (Wildman–Crippen LogP) is 3.33. The van der Waals surface area contributed by atoms with Crippen LogP contribution in [-0.4, -0.2) is 73.7 Å². The first-order chi connectivity index (χ1) is 16.1. The molecule has 0 fully saturated rings. The third-order valence-corrected chi connectivity index (χ3v) is 3.66. The van der Waals surface area contributed by atoms with E-state index in [1.165, 1.54) is 13.2 Å². The molecule has 0 amide bonds. The summed E-state index contributed by atoms with van der Waals surface area (Å²) in [6.45, 7) is 18.1. The van der Waals surface area contributed by atoms with Crippen LogP contribution < -0.4 is 0 Å². The molecule has 10 heteroatoms. The van der Waals surface area contributed by atoms with Crippen LogP contribution in [0.1, 0.15) is 54.4 Å². The van der Waals surface area contributed by atoms with Gasteiger partial charge in [0.1, 0.15) is 11.2 Å². The highest BCUT2D eigenvalue weighted by Crippen LogP contribution is 2.14. The van der Waals surface area contributed by atoms with Crippen molar-refractivity contribution in [2.24, 2.45) is 11.8 Å². The summed E-state index contributed by atoms with van der Waals surface area (Å²) in [5.41, 5.74) is -1.18. The molecule has 0 spiro atoms. The van der Waals surface area contributed by atoms with Gasteiger partial charge in [-0.3, -0.25) is 19.2 Å². The van der Waals surface area contributed by atoms with Crippen LogP contribution in [0.5, 0.6) is 0 Å². The Labute approximate surface area is 208 Å². The van der Waals surface area contributed by atoms with Gasteiger partial charge in [-0.25, -0.2) is 0 Å². The number of carbonyl (C=O) groups is 4. The van der Waals surface area contributed by atoms with E-state index in [1.54, 1.807) is 47.6 Å². The van der Waals surface area contributed by atoms with Crippen molar-refractivity contribution in [1.82, 2.24) is 0 Å². The van der Waals surface area contributed by atoms with Gasteiger partial charge in [0.2, 0.25) is 0 Å². The lowest BCUT2D eigenvalue weighted by Crippen LogP contribution is -2.29. The predicted molar refractivity (Wildman–Crippen MR) is 130 cm³/mol. The van der Waals surface area contributed by atoms with Crippen molar-refractivity contribution >= 4 is 23.9 Å². The summed E-state index contributed by atoms with van der Waals surface area (Å²) in [5, 5.41) is 8.91. The molecule has 0 aliphatic heterocycles.